The van der Waals surface area contributed by atoms with E-state index in [1.807, 2.05) is 18.2 Å². The van der Waals surface area contributed by atoms with Gasteiger partial charge in [0.2, 0.25) is 0 Å². The zero-order chi connectivity index (χ0) is 21.1. The molecular formula is C23H18N2O5. The minimum absolute atomic E-state index is 0.0843. The van der Waals surface area contributed by atoms with Crippen molar-refractivity contribution in [3.63, 3.8) is 0 Å². The summed E-state index contributed by atoms with van der Waals surface area (Å²) in [4.78, 5) is 39.7. The quantitative estimate of drug-likeness (QED) is 0.460. The first-order valence-corrected chi connectivity index (χ1v) is 9.23. The molecule has 30 heavy (non-hydrogen) atoms. The van der Waals surface area contributed by atoms with E-state index in [2.05, 4.69) is 0 Å². The third-order valence-corrected chi connectivity index (χ3v) is 4.66. The molecule has 0 aliphatic carbocycles. The third kappa shape index (κ3) is 3.60. The van der Waals surface area contributed by atoms with Crippen molar-refractivity contribution < 1.29 is 23.9 Å². The SMILES string of the molecule is COc1ccc(N2C(=O)C(=O)N(Cc3ccccc3Oc3ccccc3)C2=O)cc1. The van der Waals surface area contributed by atoms with Crippen molar-refractivity contribution in [2.45, 2.75) is 6.54 Å². The number of amides is 4. The normalized spacial score (nSPS) is 13.7. The van der Waals surface area contributed by atoms with Crippen molar-refractivity contribution in [2.75, 3.05) is 12.0 Å². The fourth-order valence-corrected chi connectivity index (χ4v) is 3.12. The number of methoxy groups -OCH3 is 1. The number of benzene rings is 3. The summed E-state index contributed by atoms with van der Waals surface area (Å²) in [5, 5.41) is 0. The molecule has 0 N–H and O–H groups in total. The summed E-state index contributed by atoms with van der Waals surface area (Å²) in [7, 11) is 1.52. The maximum absolute atomic E-state index is 12.9. The van der Waals surface area contributed by atoms with E-state index in [4.69, 9.17) is 9.47 Å². The van der Waals surface area contributed by atoms with Crippen molar-refractivity contribution in [1.29, 1.82) is 0 Å². The lowest BCUT2D eigenvalue weighted by Crippen LogP contribution is -2.33. The van der Waals surface area contributed by atoms with Crippen molar-refractivity contribution in [3.05, 3.63) is 84.4 Å². The summed E-state index contributed by atoms with van der Waals surface area (Å²) in [5.74, 6) is -0.0791. The predicted octanol–water partition coefficient (Wildman–Crippen LogP) is 3.98. The van der Waals surface area contributed by atoms with E-state index >= 15 is 0 Å². The van der Waals surface area contributed by atoms with Gasteiger partial charge in [0.05, 0.1) is 19.3 Å². The number of para-hydroxylation sites is 2. The Balaban J connectivity index is 1.59. The second kappa shape index (κ2) is 8.08. The summed E-state index contributed by atoms with van der Waals surface area (Å²) in [6.45, 7) is -0.0843. The number of carbonyl (C=O) groups excluding carboxylic acids is 3. The Labute approximate surface area is 173 Å². The highest BCUT2D eigenvalue weighted by molar-refractivity contribution is 6.52. The Morgan fingerprint density at radius 2 is 1.40 bits per heavy atom. The van der Waals surface area contributed by atoms with Crippen LogP contribution in [0.15, 0.2) is 78.9 Å². The Bertz CT molecular complexity index is 1100. The van der Waals surface area contributed by atoms with Crippen LogP contribution < -0.4 is 14.4 Å². The average Bonchev–Trinajstić information content (AvgIpc) is 2.99. The van der Waals surface area contributed by atoms with Gasteiger partial charge in [0.25, 0.3) is 0 Å². The molecule has 0 unspecified atom stereocenters. The van der Waals surface area contributed by atoms with Gasteiger partial charge in [0.15, 0.2) is 0 Å². The van der Waals surface area contributed by atoms with Crippen molar-refractivity contribution in [1.82, 2.24) is 4.90 Å². The number of ether oxygens (including phenoxy) is 2. The highest BCUT2D eigenvalue weighted by atomic mass is 16.5. The maximum atomic E-state index is 12.9. The molecule has 1 fully saturated rings. The lowest BCUT2D eigenvalue weighted by molar-refractivity contribution is -0.139. The number of anilines is 1. The number of nitrogens with zero attached hydrogens (tertiary/aromatic N) is 2. The molecule has 7 nitrogen and oxygen atoms in total. The van der Waals surface area contributed by atoms with E-state index in [-0.39, 0.29) is 6.54 Å². The number of imide groups is 2. The fraction of sp³-hybridized carbons (Fsp3) is 0.0870. The van der Waals surface area contributed by atoms with Gasteiger partial charge in [-0.3, -0.25) is 14.5 Å². The average molecular weight is 402 g/mol. The smallest absolute Gasteiger partial charge is 0.339 e. The Hall–Kier alpha value is -4.13. The second-order valence-electron chi connectivity index (χ2n) is 6.54. The van der Waals surface area contributed by atoms with E-state index in [1.54, 1.807) is 60.7 Å². The van der Waals surface area contributed by atoms with Gasteiger partial charge in [-0.05, 0) is 42.5 Å². The van der Waals surface area contributed by atoms with Gasteiger partial charge in [0, 0.05) is 5.56 Å². The summed E-state index contributed by atoms with van der Waals surface area (Å²) >= 11 is 0. The van der Waals surface area contributed by atoms with Crippen LogP contribution in [-0.2, 0) is 16.1 Å². The summed E-state index contributed by atoms with van der Waals surface area (Å²) < 4.78 is 11.0. The lowest BCUT2D eigenvalue weighted by atomic mass is 10.2. The fourth-order valence-electron chi connectivity index (χ4n) is 3.12. The highest BCUT2D eigenvalue weighted by Gasteiger charge is 2.45. The van der Waals surface area contributed by atoms with Crippen LogP contribution in [0.5, 0.6) is 17.2 Å². The van der Waals surface area contributed by atoms with Gasteiger partial charge in [-0.2, -0.15) is 0 Å². The number of hydrogen-bond donors (Lipinski definition) is 0. The molecule has 4 amide bonds. The largest absolute Gasteiger partial charge is 0.497 e. The van der Waals surface area contributed by atoms with Gasteiger partial charge in [-0.15, -0.1) is 0 Å². The summed E-state index contributed by atoms with van der Waals surface area (Å²) in [6, 6.07) is 21.9. The minimum Gasteiger partial charge on any atom is -0.497 e. The molecule has 7 heteroatoms. The zero-order valence-electron chi connectivity index (χ0n) is 16.1. The van der Waals surface area contributed by atoms with Crippen LogP contribution >= 0.6 is 0 Å². The molecule has 4 rings (SSSR count). The van der Waals surface area contributed by atoms with Gasteiger partial charge in [-0.25, -0.2) is 9.69 Å². The van der Waals surface area contributed by atoms with Gasteiger partial charge >= 0.3 is 17.8 Å². The third-order valence-electron chi connectivity index (χ3n) is 4.66. The lowest BCUT2D eigenvalue weighted by Gasteiger charge is -2.17. The first-order valence-electron chi connectivity index (χ1n) is 9.23. The molecule has 0 atom stereocenters. The van der Waals surface area contributed by atoms with Crippen LogP contribution in [-0.4, -0.2) is 29.9 Å². The molecule has 3 aromatic carbocycles. The van der Waals surface area contributed by atoms with Crippen LogP contribution in [0.4, 0.5) is 10.5 Å². The second-order valence-corrected chi connectivity index (χ2v) is 6.54. The van der Waals surface area contributed by atoms with Crippen LogP contribution in [0.25, 0.3) is 0 Å². The van der Waals surface area contributed by atoms with E-state index < -0.39 is 17.8 Å². The van der Waals surface area contributed by atoms with Crippen molar-refractivity contribution >= 4 is 23.5 Å². The Morgan fingerprint density at radius 3 is 2.10 bits per heavy atom. The van der Waals surface area contributed by atoms with Crippen molar-refractivity contribution in [2.24, 2.45) is 0 Å². The standard InChI is InChI=1S/C23H18N2O5/c1-29-18-13-11-17(12-14-18)25-22(27)21(26)24(23(25)28)15-16-7-5-6-10-20(16)30-19-8-3-2-4-9-19/h2-14H,15H2,1H3. The molecule has 1 heterocycles. The zero-order valence-corrected chi connectivity index (χ0v) is 16.1. The maximum Gasteiger partial charge on any atom is 0.339 e. The highest BCUT2D eigenvalue weighted by Crippen LogP contribution is 2.29. The number of carbonyl (C=O) groups is 3. The van der Waals surface area contributed by atoms with Crippen LogP contribution in [0.3, 0.4) is 0 Å². The first-order chi connectivity index (χ1) is 14.6. The Morgan fingerprint density at radius 1 is 0.733 bits per heavy atom. The monoisotopic (exact) mass is 402 g/mol. The molecule has 0 saturated carbocycles. The topological polar surface area (TPSA) is 76.2 Å². The molecule has 0 radical (unpaired) electrons. The molecule has 1 saturated heterocycles. The van der Waals surface area contributed by atoms with E-state index in [1.165, 1.54) is 7.11 Å². The Kier molecular flexibility index (Phi) is 5.17. The van der Waals surface area contributed by atoms with E-state index in [0.717, 1.165) is 9.80 Å². The van der Waals surface area contributed by atoms with Crippen LogP contribution in [0, 0.1) is 0 Å². The van der Waals surface area contributed by atoms with Crippen LogP contribution in [0.2, 0.25) is 0 Å². The molecular weight excluding hydrogens is 384 g/mol. The van der Waals surface area contributed by atoms with Crippen molar-refractivity contribution in [3.8, 4) is 17.2 Å². The number of urea groups is 1. The predicted molar refractivity (Wildman–Crippen MR) is 109 cm³/mol. The minimum atomic E-state index is -0.897. The summed E-state index contributed by atoms with van der Waals surface area (Å²) in [6.07, 6.45) is 0. The summed E-state index contributed by atoms with van der Waals surface area (Å²) in [5.41, 5.74) is 0.905. The van der Waals surface area contributed by atoms with Gasteiger partial charge in [0.1, 0.15) is 17.2 Å². The van der Waals surface area contributed by atoms with Gasteiger partial charge in [-0.1, -0.05) is 36.4 Å². The number of rotatable bonds is 6. The molecule has 150 valence electrons. The molecule has 0 aromatic heterocycles. The molecule has 1 aliphatic rings. The molecule has 0 bridgehead atoms. The molecule has 1 aliphatic heterocycles. The van der Waals surface area contributed by atoms with E-state index in [9.17, 15) is 14.4 Å². The van der Waals surface area contributed by atoms with E-state index in [0.29, 0.717) is 28.5 Å². The first kappa shape index (κ1) is 19.2. The molecule has 3 aromatic rings. The van der Waals surface area contributed by atoms with Gasteiger partial charge < -0.3 is 9.47 Å². The van der Waals surface area contributed by atoms with Crippen LogP contribution in [0.1, 0.15) is 5.56 Å². The number of hydrogen-bond acceptors (Lipinski definition) is 5. The molecule has 0 spiro atoms.